The summed E-state index contributed by atoms with van der Waals surface area (Å²) in [6, 6.07) is 31.7. The SMILES string of the molecule is CCC1(CC)c2ccccc2-c2c1c1c(c3cc(OC)c(OC)cc23)OC(c2ccccc2)(c2ccc(OC)cc2)C=C1. The van der Waals surface area contributed by atoms with Gasteiger partial charge in [-0.1, -0.05) is 86.7 Å². The van der Waals surface area contributed by atoms with Crippen LogP contribution in [0.5, 0.6) is 23.0 Å². The molecule has 0 amide bonds. The Balaban J connectivity index is 1.61. The number of rotatable bonds is 7. The summed E-state index contributed by atoms with van der Waals surface area (Å²) < 4.78 is 24.6. The Hall–Kier alpha value is -4.70. The van der Waals surface area contributed by atoms with Crippen molar-refractivity contribution < 1.29 is 18.9 Å². The van der Waals surface area contributed by atoms with Gasteiger partial charge in [-0.3, -0.25) is 0 Å². The third-order valence-corrected chi connectivity index (χ3v) is 9.67. The average molecular weight is 569 g/mol. The summed E-state index contributed by atoms with van der Waals surface area (Å²) >= 11 is 0. The monoisotopic (exact) mass is 568 g/mol. The van der Waals surface area contributed by atoms with Crippen LogP contribution in [0.25, 0.3) is 28.0 Å². The van der Waals surface area contributed by atoms with Gasteiger partial charge < -0.3 is 18.9 Å². The van der Waals surface area contributed by atoms with Gasteiger partial charge in [-0.25, -0.2) is 0 Å². The molecule has 4 heteroatoms. The van der Waals surface area contributed by atoms with Crippen LogP contribution in [0.4, 0.5) is 0 Å². The lowest BCUT2D eigenvalue weighted by Gasteiger charge is -2.39. The van der Waals surface area contributed by atoms with Crippen molar-refractivity contribution in [2.75, 3.05) is 21.3 Å². The molecule has 5 aromatic rings. The molecule has 1 aliphatic carbocycles. The van der Waals surface area contributed by atoms with E-state index >= 15 is 0 Å². The summed E-state index contributed by atoms with van der Waals surface area (Å²) in [5, 5.41) is 2.11. The van der Waals surface area contributed by atoms with E-state index in [-0.39, 0.29) is 5.41 Å². The quantitative estimate of drug-likeness (QED) is 0.196. The molecule has 0 radical (unpaired) electrons. The Morgan fingerprint density at radius 1 is 0.674 bits per heavy atom. The van der Waals surface area contributed by atoms with Crippen LogP contribution in [-0.4, -0.2) is 21.3 Å². The molecular weight excluding hydrogens is 532 g/mol. The Labute approximate surface area is 253 Å². The van der Waals surface area contributed by atoms with Gasteiger partial charge in [0.05, 0.1) is 21.3 Å². The second kappa shape index (κ2) is 10.2. The van der Waals surface area contributed by atoms with Gasteiger partial charge in [-0.2, -0.15) is 0 Å². The second-order valence-corrected chi connectivity index (χ2v) is 11.3. The normalized spacial score (nSPS) is 17.5. The molecule has 1 heterocycles. The molecule has 5 aromatic carbocycles. The van der Waals surface area contributed by atoms with Crippen molar-refractivity contribution >= 4 is 16.8 Å². The standard InChI is InChI=1S/C39H36O4/c1-6-38(7-2)32-16-12-11-15-28(32)35-30-23-33(41-4)34(42-5)24-31(30)37-29(36(35)38)21-22-39(43-37,25-13-9-8-10-14-25)26-17-19-27(40-3)20-18-26/h8-24H,6-7H2,1-5H3. The Kier molecular flexibility index (Phi) is 6.46. The molecule has 0 N–H and O–H groups in total. The average Bonchev–Trinajstić information content (AvgIpc) is 3.38. The number of ether oxygens (including phenoxy) is 4. The smallest absolute Gasteiger partial charge is 0.178 e. The van der Waals surface area contributed by atoms with Crippen LogP contribution in [0.2, 0.25) is 0 Å². The van der Waals surface area contributed by atoms with Crippen molar-refractivity contribution in [2.45, 2.75) is 37.7 Å². The first-order valence-corrected chi connectivity index (χ1v) is 15.0. The minimum absolute atomic E-state index is 0.141. The molecule has 1 aliphatic heterocycles. The Morgan fingerprint density at radius 2 is 1.30 bits per heavy atom. The topological polar surface area (TPSA) is 36.9 Å². The highest BCUT2D eigenvalue weighted by atomic mass is 16.5. The van der Waals surface area contributed by atoms with E-state index in [1.165, 1.54) is 22.3 Å². The molecule has 0 saturated carbocycles. The zero-order valence-corrected chi connectivity index (χ0v) is 25.4. The van der Waals surface area contributed by atoms with Crippen molar-refractivity contribution in [3.05, 3.63) is 125 Å². The van der Waals surface area contributed by atoms with Gasteiger partial charge in [-0.15, -0.1) is 0 Å². The van der Waals surface area contributed by atoms with Crippen LogP contribution >= 0.6 is 0 Å². The van der Waals surface area contributed by atoms with E-state index in [9.17, 15) is 0 Å². The molecule has 1 unspecified atom stereocenters. The van der Waals surface area contributed by atoms with Gasteiger partial charge in [0, 0.05) is 27.5 Å². The van der Waals surface area contributed by atoms with Crippen LogP contribution in [0.1, 0.15) is 54.5 Å². The first-order valence-electron chi connectivity index (χ1n) is 15.0. The molecule has 0 aromatic heterocycles. The van der Waals surface area contributed by atoms with Crippen molar-refractivity contribution in [3.8, 4) is 34.1 Å². The van der Waals surface area contributed by atoms with E-state index in [1.807, 2.05) is 18.2 Å². The number of fused-ring (bicyclic) bond motifs is 8. The van der Waals surface area contributed by atoms with Gasteiger partial charge in [0.2, 0.25) is 0 Å². The van der Waals surface area contributed by atoms with Crippen LogP contribution in [0.15, 0.2) is 97.1 Å². The summed E-state index contributed by atoms with van der Waals surface area (Å²) in [5.74, 6) is 3.04. The number of hydrogen-bond donors (Lipinski definition) is 0. The molecule has 7 rings (SSSR count). The van der Waals surface area contributed by atoms with Gasteiger partial charge in [0.15, 0.2) is 17.1 Å². The van der Waals surface area contributed by atoms with E-state index in [0.29, 0.717) is 11.5 Å². The summed E-state index contributed by atoms with van der Waals surface area (Å²) in [6.07, 6.45) is 6.50. The molecule has 1 atom stereocenters. The molecular formula is C39H36O4. The first-order chi connectivity index (χ1) is 21.0. The fraction of sp³-hybridized carbons (Fsp3) is 0.231. The predicted molar refractivity (Wildman–Crippen MR) is 174 cm³/mol. The summed E-state index contributed by atoms with van der Waals surface area (Å²) in [6.45, 7) is 4.61. The number of hydrogen-bond acceptors (Lipinski definition) is 4. The fourth-order valence-corrected chi connectivity index (χ4v) is 7.48. The minimum atomic E-state index is -0.846. The molecule has 216 valence electrons. The van der Waals surface area contributed by atoms with E-state index in [4.69, 9.17) is 18.9 Å². The van der Waals surface area contributed by atoms with Crippen molar-refractivity contribution in [1.29, 1.82) is 0 Å². The highest BCUT2D eigenvalue weighted by molar-refractivity contribution is 6.09. The second-order valence-electron chi connectivity index (χ2n) is 11.3. The number of benzene rings is 5. The van der Waals surface area contributed by atoms with E-state index < -0.39 is 5.60 Å². The first kappa shape index (κ1) is 27.2. The zero-order valence-electron chi connectivity index (χ0n) is 25.4. The largest absolute Gasteiger partial charge is 0.497 e. The van der Waals surface area contributed by atoms with Crippen molar-refractivity contribution in [2.24, 2.45) is 0 Å². The van der Waals surface area contributed by atoms with E-state index in [0.717, 1.165) is 51.8 Å². The number of methoxy groups -OCH3 is 3. The summed E-state index contributed by atoms with van der Waals surface area (Å²) in [4.78, 5) is 0. The lowest BCUT2D eigenvalue weighted by atomic mass is 9.71. The summed E-state index contributed by atoms with van der Waals surface area (Å²) in [5.41, 5.74) is 7.48. The Bertz CT molecular complexity index is 1870. The maximum Gasteiger partial charge on any atom is 0.178 e. The van der Waals surface area contributed by atoms with Gasteiger partial charge >= 0.3 is 0 Å². The molecule has 0 saturated heterocycles. The highest BCUT2D eigenvalue weighted by Gasteiger charge is 2.46. The fourth-order valence-electron chi connectivity index (χ4n) is 7.48. The van der Waals surface area contributed by atoms with Crippen LogP contribution in [0.3, 0.4) is 0 Å². The van der Waals surface area contributed by atoms with E-state index in [1.54, 1.807) is 21.3 Å². The van der Waals surface area contributed by atoms with Gasteiger partial charge in [0.25, 0.3) is 0 Å². The van der Waals surface area contributed by atoms with Crippen LogP contribution < -0.4 is 18.9 Å². The van der Waals surface area contributed by atoms with Crippen LogP contribution in [-0.2, 0) is 11.0 Å². The zero-order chi connectivity index (χ0) is 29.8. The van der Waals surface area contributed by atoms with Crippen LogP contribution in [0, 0.1) is 0 Å². The maximum atomic E-state index is 7.43. The lowest BCUT2D eigenvalue weighted by Crippen LogP contribution is -2.35. The molecule has 4 nitrogen and oxygen atoms in total. The third kappa shape index (κ3) is 3.75. The molecule has 0 spiro atoms. The lowest BCUT2D eigenvalue weighted by molar-refractivity contribution is 0.163. The molecule has 43 heavy (non-hydrogen) atoms. The van der Waals surface area contributed by atoms with E-state index in [2.05, 4.69) is 98.8 Å². The van der Waals surface area contributed by atoms with Crippen molar-refractivity contribution in [3.63, 3.8) is 0 Å². The summed E-state index contributed by atoms with van der Waals surface area (Å²) in [7, 11) is 5.07. The molecule has 0 fully saturated rings. The van der Waals surface area contributed by atoms with Gasteiger partial charge in [0.1, 0.15) is 11.5 Å². The Morgan fingerprint density at radius 3 is 1.95 bits per heavy atom. The predicted octanol–water partition coefficient (Wildman–Crippen LogP) is 9.30. The van der Waals surface area contributed by atoms with Gasteiger partial charge in [-0.05, 0) is 70.8 Å². The molecule has 2 aliphatic rings. The minimum Gasteiger partial charge on any atom is -0.497 e. The third-order valence-electron chi connectivity index (χ3n) is 9.67. The highest BCUT2D eigenvalue weighted by Crippen LogP contribution is 2.61. The van der Waals surface area contributed by atoms with Crippen molar-refractivity contribution in [1.82, 2.24) is 0 Å². The maximum absolute atomic E-state index is 7.43. The molecule has 0 bridgehead atoms.